The van der Waals surface area contributed by atoms with Crippen molar-refractivity contribution < 1.29 is 9.53 Å². The molecule has 1 heterocycles. The number of carbonyl (C=O) groups excluding carboxylic acids is 1. The molecule has 24 heavy (non-hydrogen) atoms. The van der Waals surface area contributed by atoms with Gasteiger partial charge < -0.3 is 15.5 Å². The summed E-state index contributed by atoms with van der Waals surface area (Å²) < 4.78 is 6.55. The highest BCUT2D eigenvalue weighted by Crippen LogP contribution is 2.19. The second-order valence-corrected chi connectivity index (χ2v) is 5.64. The van der Waals surface area contributed by atoms with Gasteiger partial charge in [0.05, 0.1) is 24.1 Å². The van der Waals surface area contributed by atoms with Crippen LogP contribution in [0.5, 0.6) is 5.75 Å². The van der Waals surface area contributed by atoms with E-state index in [1.165, 1.54) is 0 Å². The topological polar surface area (TPSA) is 90.1 Å². The SMILES string of the molecule is CCOc1ccc(CC(=O)n2c(=O)[nH]c3cc(N)c(C)cc32)cc1. The summed E-state index contributed by atoms with van der Waals surface area (Å²) in [6.45, 7) is 4.34. The molecular weight excluding hydrogens is 306 g/mol. The molecule has 124 valence electrons. The van der Waals surface area contributed by atoms with Gasteiger partial charge in [-0.3, -0.25) is 4.79 Å². The standard InChI is InChI=1S/C18H19N3O3/c1-3-24-13-6-4-12(5-7-13)9-17(22)21-16-8-11(2)14(19)10-15(16)20-18(21)23/h4-8,10H,3,9,19H2,1-2H3,(H,20,23). The maximum atomic E-state index is 12.6. The Morgan fingerprint density at radius 1 is 1.25 bits per heavy atom. The molecule has 6 nitrogen and oxygen atoms in total. The van der Waals surface area contributed by atoms with Crippen molar-refractivity contribution >= 4 is 22.6 Å². The molecule has 0 fully saturated rings. The minimum absolute atomic E-state index is 0.128. The lowest BCUT2D eigenvalue weighted by atomic mass is 10.1. The summed E-state index contributed by atoms with van der Waals surface area (Å²) in [6.07, 6.45) is 0.128. The van der Waals surface area contributed by atoms with E-state index in [1.807, 2.05) is 38.1 Å². The number of imidazole rings is 1. The maximum Gasteiger partial charge on any atom is 0.333 e. The highest BCUT2D eigenvalue weighted by molar-refractivity contribution is 5.92. The Hall–Kier alpha value is -3.02. The number of fused-ring (bicyclic) bond motifs is 1. The van der Waals surface area contributed by atoms with E-state index in [1.54, 1.807) is 12.1 Å². The molecule has 0 aliphatic rings. The molecule has 0 atom stereocenters. The van der Waals surface area contributed by atoms with Crippen LogP contribution in [0.1, 0.15) is 22.8 Å². The fraction of sp³-hybridized carbons (Fsp3) is 0.222. The fourth-order valence-corrected chi connectivity index (χ4v) is 2.65. The average Bonchev–Trinajstić information content (AvgIpc) is 2.85. The van der Waals surface area contributed by atoms with E-state index >= 15 is 0 Å². The molecule has 0 saturated heterocycles. The third-order valence-electron chi connectivity index (χ3n) is 3.91. The van der Waals surface area contributed by atoms with Crippen molar-refractivity contribution in [2.75, 3.05) is 12.3 Å². The Morgan fingerprint density at radius 3 is 2.62 bits per heavy atom. The van der Waals surface area contributed by atoms with Gasteiger partial charge in [-0.05, 0) is 49.2 Å². The van der Waals surface area contributed by atoms with Crippen molar-refractivity contribution in [1.29, 1.82) is 0 Å². The zero-order valence-corrected chi connectivity index (χ0v) is 13.6. The van der Waals surface area contributed by atoms with E-state index in [9.17, 15) is 9.59 Å². The normalized spacial score (nSPS) is 10.9. The van der Waals surface area contributed by atoms with Crippen LogP contribution in [0.3, 0.4) is 0 Å². The number of nitrogens with one attached hydrogen (secondary N) is 1. The Morgan fingerprint density at radius 2 is 1.96 bits per heavy atom. The van der Waals surface area contributed by atoms with Crippen molar-refractivity contribution in [3.63, 3.8) is 0 Å². The van der Waals surface area contributed by atoms with Crippen molar-refractivity contribution in [3.05, 3.63) is 58.0 Å². The van der Waals surface area contributed by atoms with E-state index < -0.39 is 5.69 Å². The number of benzene rings is 2. The summed E-state index contributed by atoms with van der Waals surface area (Å²) in [5.41, 5.74) is 8.72. The molecule has 0 spiro atoms. The largest absolute Gasteiger partial charge is 0.494 e. The molecule has 6 heteroatoms. The zero-order chi connectivity index (χ0) is 17.3. The van der Waals surface area contributed by atoms with Gasteiger partial charge in [0, 0.05) is 5.69 Å². The van der Waals surface area contributed by atoms with Crippen molar-refractivity contribution in [3.8, 4) is 5.75 Å². The van der Waals surface area contributed by atoms with Crippen LogP contribution in [0.25, 0.3) is 11.0 Å². The van der Waals surface area contributed by atoms with Gasteiger partial charge in [-0.2, -0.15) is 0 Å². The maximum absolute atomic E-state index is 12.6. The van der Waals surface area contributed by atoms with Crippen LogP contribution in [0.2, 0.25) is 0 Å². The van der Waals surface area contributed by atoms with E-state index in [0.717, 1.165) is 21.4 Å². The van der Waals surface area contributed by atoms with Crippen LogP contribution >= 0.6 is 0 Å². The number of aromatic nitrogens is 2. The molecular formula is C18H19N3O3. The summed E-state index contributed by atoms with van der Waals surface area (Å²) in [4.78, 5) is 27.4. The molecule has 0 aliphatic heterocycles. The molecule has 0 unspecified atom stereocenters. The summed E-state index contributed by atoms with van der Waals surface area (Å²) in [5, 5.41) is 0. The van der Waals surface area contributed by atoms with Gasteiger partial charge in [0.2, 0.25) is 5.91 Å². The minimum atomic E-state index is -0.453. The number of rotatable bonds is 4. The molecule has 1 aromatic heterocycles. The third-order valence-corrected chi connectivity index (χ3v) is 3.91. The molecule has 2 aromatic carbocycles. The molecule has 3 aromatic rings. The lowest BCUT2D eigenvalue weighted by Gasteiger charge is -2.06. The Balaban J connectivity index is 1.92. The van der Waals surface area contributed by atoms with E-state index in [4.69, 9.17) is 10.5 Å². The third kappa shape index (κ3) is 2.90. The molecule has 0 bridgehead atoms. The molecule has 3 N–H and O–H groups in total. The van der Waals surface area contributed by atoms with Gasteiger partial charge in [0.1, 0.15) is 5.75 Å². The number of anilines is 1. The van der Waals surface area contributed by atoms with E-state index in [0.29, 0.717) is 23.3 Å². The number of nitrogen functional groups attached to an aromatic ring is 1. The summed E-state index contributed by atoms with van der Waals surface area (Å²) >= 11 is 0. The molecule has 3 rings (SSSR count). The van der Waals surface area contributed by atoms with Crippen LogP contribution in [0.15, 0.2) is 41.2 Å². The fourth-order valence-electron chi connectivity index (χ4n) is 2.65. The highest BCUT2D eigenvalue weighted by atomic mass is 16.5. The summed E-state index contributed by atoms with van der Waals surface area (Å²) in [6, 6.07) is 10.7. The number of nitrogens with zero attached hydrogens (tertiary/aromatic N) is 1. The number of hydrogen-bond donors (Lipinski definition) is 2. The van der Waals surface area contributed by atoms with Gasteiger partial charge >= 0.3 is 5.69 Å². The second-order valence-electron chi connectivity index (χ2n) is 5.64. The number of hydrogen-bond acceptors (Lipinski definition) is 4. The number of carbonyl (C=O) groups is 1. The van der Waals surface area contributed by atoms with Crippen molar-refractivity contribution in [2.24, 2.45) is 0 Å². The van der Waals surface area contributed by atoms with Gasteiger partial charge in [0.25, 0.3) is 0 Å². The average molecular weight is 325 g/mol. The van der Waals surface area contributed by atoms with Crippen molar-refractivity contribution in [2.45, 2.75) is 20.3 Å². The number of nitrogens with two attached hydrogens (primary N) is 1. The quantitative estimate of drug-likeness (QED) is 0.721. The van der Waals surface area contributed by atoms with Gasteiger partial charge in [0.15, 0.2) is 0 Å². The minimum Gasteiger partial charge on any atom is -0.494 e. The zero-order valence-electron chi connectivity index (χ0n) is 13.6. The number of ether oxygens (including phenoxy) is 1. The first-order chi connectivity index (χ1) is 11.5. The number of H-pyrrole nitrogens is 1. The van der Waals surface area contributed by atoms with E-state index in [2.05, 4.69) is 4.98 Å². The van der Waals surface area contributed by atoms with Crippen LogP contribution < -0.4 is 16.2 Å². The first-order valence-corrected chi connectivity index (χ1v) is 7.75. The smallest absolute Gasteiger partial charge is 0.333 e. The molecule has 0 saturated carbocycles. The molecule has 0 radical (unpaired) electrons. The van der Waals surface area contributed by atoms with Gasteiger partial charge in [-0.25, -0.2) is 9.36 Å². The van der Waals surface area contributed by atoms with Crippen LogP contribution in [0, 0.1) is 6.92 Å². The Kier molecular flexibility index (Phi) is 4.12. The highest BCUT2D eigenvalue weighted by Gasteiger charge is 2.15. The molecule has 0 aliphatic carbocycles. The van der Waals surface area contributed by atoms with Crippen LogP contribution in [0.4, 0.5) is 5.69 Å². The first kappa shape index (κ1) is 15.9. The summed E-state index contributed by atoms with van der Waals surface area (Å²) in [7, 11) is 0. The Labute approximate surface area is 138 Å². The van der Waals surface area contributed by atoms with E-state index in [-0.39, 0.29) is 12.3 Å². The van der Waals surface area contributed by atoms with Crippen LogP contribution in [-0.4, -0.2) is 22.1 Å². The monoisotopic (exact) mass is 325 g/mol. The van der Waals surface area contributed by atoms with Gasteiger partial charge in [-0.1, -0.05) is 12.1 Å². The predicted molar refractivity (Wildman–Crippen MR) is 93.6 cm³/mol. The summed E-state index contributed by atoms with van der Waals surface area (Å²) in [5.74, 6) is 0.462. The lowest BCUT2D eigenvalue weighted by molar-refractivity contribution is 0.0915. The second kappa shape index (κ2) is 6.23. The molecule has 0 amide bonds. The van der Waals surface area contributed by atoms with Crippen molar-refractivity contribution in [1.82, 2.24) is 9.55 Å². The predicted octanol–water partition coefficient (Wildman–Crippen LogP) is 2.50. The Bertz CT molecular complexity index is 952. The first-order valence-electron chi connectivity index (χ1n) is 7.75. The number of aryl methyl sites for hydroxylation is 1. The number of aromatic amines is 1. The van der Waals surface area contributed by atoms with Gasteiger partial charge in [-0.15, -0.1) is 0 Å². The lowest BCUT2D eigenvalue weighted by Crippen LogP contribution is -2.25. The van der Waals surface area contributed by atoms with Crippen LogP contribution in [-0.2, 0) is 6.42 Å².